The van der Waals surface area contributed by atoms with Crippen LogP contribution < -0.4 is 5.32 Å². The van der Waals surface area contributed by atoms with E-state index in [1.165, 1.54) is 6.07 Å². The molecule has 0 bridgehead atoms. The van der Waals surface area contributed by atoms with E-state index in [-0.39, 0.29) is 17.9 Å². The van der Waals surface area contributed by atoms with E-state index in [0.717, 1.165) is 0 Å². The summed E-state index contributed by atoms with van der Waals surface area (Å²) >= 11 is 0. The van der Waals surface area contributed by atoms with Gasteiger partial charge >= 0.3 is 0 Å². The topological polar surface area (TPSA) is 41.5 Å². The molecular weight excluding hydrogens is 221 g/mol. The standard InChI is InChI=1S/C13H20FNO2/c1-13(2,9-17-3)15-8-12(16)10-6-4-5-7-11(10)14/h4-7,12,15-16H,8-9H2,1-3H3. The minimum atomic E-state index is -0.854. The SMILES string of the molecule is COCC(C)(C)NCC(O)c1ccccc1F. The molecule has 3 nitrogen and oxygen atoms in total. The summed E-state index contributed by atoms with van der Waals surface area (Å²) in [6, 6.07) is 6.25. The smallest absolute Gasteiger partial charge is 0.129 e. The molecule has 0 saturated heterocycles. The van der Waals surface area contributed by atoms with E-state index in [2.05, 4.69) is 5.32 Å². The van der Waals surface area contributed by atoms with Gasteiger partial charge in [-0.1, -0.05) is 18.2 Å². The Morgan fingerprint density at radius 3 is 2.65 bits per heavy atom. The van der Waals surface area contributed by atoms with E-state index in [4.69, 9.17) is 4.74 Å². The second-order valence-corrected chi connectivity index (χ2v) is 4.74. The first-order valence-electron chi connectivity index (χ1n) is 5.63. The van der Waals surface area contributed by atoms with Crippen LogP contribution >= 0.6 is 0 Å². The van der Waals surface area contributed by atoms with Crippen LogP contribution in [0.15, 0.2) is 24.3 Å². The fourth-order valence-electron chi connectivity index (χ4n) is 1.64. The van der Waals surface area contributed by atoms with Gasteiger partial charge in [0.1, 0.15) is 5.82 Å². The van der Waals surface area contributed by atoms with Crippen LogP contribution in [-0.4, -0.2) is 30.9 Å². The van der Waals surface area contributed by atoms with Gasteiger partial charge in [0.05, 0.1) is 12.7 Å². The molecule has 0 spiro atoms. The van der Waals surface area contributed by atoms with Crippen LogP contribution in [0.25, 0.3) is 0 Å². The summed E-state index contributed by atoms with van der Waals surface area (Å²) in [5.41, 5.74) is 0.0641. The number of rotatable bonds is 6. The Hall–Kier alpha value is -0.970. The molecule has 4 heteroatoms. The van der Waals surface area contributed by atoms with Crippen molar-refractivity contribution in [1.82, 2.24) is 5.32 Å². The third kappa shape index (κ3) is 4.42. The molecule has 0 radical (unpaired) electrons. The monoisotopic (exact) mass is 241 g/mol. The fraction of sp³-hybridized carbons (Fsp3) is 0.538. The third-order valence-corrected chi connectivity index (χ3v) is 2.54. The number of aliphatic hydroxyl groups excluding tert-OH is 1. The van der Waals surface area contributed by atoms with Crippen LogP contribution in [0, 0.1) is 5.82 Å². The summed E-state index contributed by atoms with van der Waals surface area (Å²) < 4.78 is 18.4. The van der Waals surface area contributed by atoms with Gasteiger partial charge in [0.2, 0.25) is 0 Å². The lowest BCUT2D eigenvalue weighted by molar-refractivity contribution is 0.106. The lowest BCUT2D eigenvalue weighted by atomic mass is 10.0. The molecule has 1 unspecified atom stereocenters. The normalized spacial score (nSPS) is 13.7. The lowest BCUT2D eigenvalue weighted by Gasteiger charge is -2.27. The maximum Gasteiger partial charge on any atom is 0.129 e. The van der Waals surface area contributed by atoms with Crippen molar-refractivity contribution in [3.05, 3.63) is 35.6 Å². The molecule has 0 aromatic heterocycles. The predicted molar refractivity (Wildman–Crippen MR) is 65.3 cm³/mol. The van der Waals surface area contributed by atoms with E-state index in [9.17, 15) is 9.50 Å². The van der Waals surface area contributed by atoms with E-state index in [1.807, 2.05) is 13.8 Å². The van der Waals surface area contributed by atoms with Gasteiger partial charge in [-0.3, -0.25) is 0 Å². The van der Waals surface area contributed by atoms with Gasteiger partial charge in [0.25, 0.3) is 0 Å². The van der Waals surface area contributed by atoms with Crippen LogP contribution in [0.5, 0.6) is 0 Å². The number of β-amino-alcohol motifs (C(OH)–C–C–N with tert-alkyl or cyclic N) is 1. The van der Waals surface area contributed by atoms with Gasteiger partial charge in [-0.2, -0.15) is 0 Å². The molecule has 0 heterocycles. The van der Waals surface area contributed by atoms with Crippen LogP contribution in [0.2, 0.25) is 0 Å². The van der Waals surface area contributed by atoms with E-state index < -0.39 is 6.10 Å². The van der Waals surface area contributed by atoms with Crippen molar-refractivity contribution in [1.29, 1.82) is 0 Å². The zero-order valence-electron chi connectivity index (χ0n) is 10.5. The van der Waals surface area contributed by atoms with Crippen molar-refractivity contribution in [2.75, 3.05) is 20.3 Å². The van der Waals surface area contributed by atoms with Gasteiger partial charge in [-0.15, -0.1) is 0 Å². The summed E-state index contributed by atoms with van der Waals surface area (Å²) in [6.45, 7) is 4.74. The Kier molecular flexibility index (Phi) is 5.05. The second-order valence-electron chi connectivity index (χ2n) is 4.74. The van der Waals surface area contributed by atoms with Crippen molar-refractivity contribution in [2.45, 2.75) is 25.5 Å². The number of ether oxygens (including phenoxy) is 1. The number of aliphatic hydroxyl groups is 1. The summed E-state index contributed by atoms with van der Waals surface area (Å²) in [6.07, 6.45) is -0.854. The summed E-state index contributed by atoms with van der Waals surface area (Å²) in [4.78, 5) is 0. The second kappa shape index (κ2) is 6.10. The molecule has 0 saturated carbocycles. The number of methoxy groups -OCH3 is 1. The van der Waals surface area contributed by atoms with E-state index in [0.29, 0.717) is 12.2 Å². The molecule has 2 N–H and O–H groups in total. The summed E-state index contributed by atoms with van der Waals surface area (Å²) in [7, 11) is 1.62. The molecule has 1 atom stereocenters. The first-order valence-corrected chi connectivity index (χ1v) is 5.63. The molecule has 1 rings (SSSR count). The van der Waals surface area contributed by atoms with Crippen molar-refractivity contribution in [2.24, 2.45) is 0 Å². The Balaban J connectivity index is 2.56. The molecule has 17 heavy (non-hydrogen) atoms. The largest absolute Gasteiger partial charge is 0.387 e. The zero-order valence-corrected chi connectivity index (χ0v) is 10.5. The Bertz CT molecular complexity index is 355. The molecule has 1 aromatic carbocycles. The molecule has 0 aliphatic carbocycles. The van der Waals surface area contributed by atoms with Crippen LogP contribution in [0.1, 0.15) is 25.5 Å². The Morgan fingerprint density at radius 1 is 1.41 bits per heavy atom. The molecule has 0 amide bonds. The van der Waals surface area contributed by atoms with Crippen molar-refractivity contribution in [3.8, 4) is 0 Å². The Morgan fingerprint density at radius 2 is 2.06 bits per heavy atom. The predicted octanol–water partition coefficient (Wildman–Crippen LogP) is 1.87. The van der Waals surface area contributed by atoms with Crippen molar-refractivity contribution >= 4 is 0 Å². The lowest BCUT2D eigenvalue weighted by Crippen LogP contribution is -2.45. The van der Waals surface area contributed by atoms with Gasteiger partial charge in [-0.05, 0) is 19.9 Å². The number of halogens is 1. The molecule has 0 aliphatic rings. The van der Waals surface area contributed by atoms with Crippen LogP contribution in [0.4, 0.5) is 4.39 Å². The van der Waals surface area contributed by atoms with E-state index in [1.54, 1.807) is 25.3 Å². The first-order chi connectivity index (χ1) is 7.96. The average molecular weight is 241 g/mol. The van der Waals surface area contributed by atoms with Crippen LogP contribution in [0.3, 0.4) is 0 Å². The zero-order chi connectivity index (χ0) is 12.9. The first kappa shape index (κ1) is 14.1. The van der Waals surface area contributed by atoms with Crippen LogP contribution in [-0.2, 0) is 4.74 Å². The Labute approximate surface area is 102 Å². The molecule has 0 aliphatic heterocycles. The maximum absolute atomic E-state index is 13.4. The van der Waals surface area contributed by atoms with Crippen molar-refractivity contribution < 1.29 is 14.2 Å². The quantitative estimate of drug-likeness (QED) is 0.799. The highest BCUT2D eigenvalue weighted by Gasteiger charge is 2.19. The summed E-state index contributed by atoms with van der Waals surface area (Å²) in [5, 5.41) is 13.0. The maximum atomic E-state index is 13.4. The highest BCUT2D eigenvalue weighted by molar-refractivity contribution is 5.20. The van der Waals surface area contributed by atoms with Gasteiger partial charge in [0, 0.05) is 24.8 Å². The van der Waals surface area contributed by atoms with Gasteiger partial charge in [-0.25, -0.2) is 4.39 Å². The minimum Gasteiger partial charge on any atom is -0.387 e. The number of hydrogen-bond acceptors (Lipinski definition) is 3. The number of benzene rings is 1. The van der Waals surface area contributed by atoms with Gasteiger partial charge in [0.15, 0.2) is 0 Å². The fourth-order valence-corrected chi connectivity index (χ4v) is 1.64. The van der Waals surface area contributed by atoms with Crippen molar-refractivity contribution in [3.63, 3.8) is 0 Å². The molecule has 1 aromatic rings. The van der Waals surface area contributed by atoms with E-state index >= 15 is 0 Å². The molecule has 0 fully saturated rings. The molecule has 96 valence electrons. The van der Waals surface area contributed by atoms with Gasteiger partial charge < -0.3 is 15.2 Å². The highest BCUT2D eigenvalue weighted by atomic mass is 19.1. The minimum absolute atomic E-state index is 0.249. The summed E-state index contributed by atoms with van der Waals surface area (Å²) in [5.74, 6) is -0.383. The number of nitrogens with one attached hydrogen (secondary N) is 1. The highest BCUT2D eigenvalue weighted by Crippen LogP contribution is 2.16. The number of hydrogen-bond donors (Lipinski definition) is 2. The third-order valence-electron chi connectivity index (χ3n) is 2.54. The average Bonchev–Trinajstić information content (AvgIpc) is 2.27. The molecular formula is C13H20FNO2.